The van der Waals surface area contributed by atoms with E-state index in [1.807, 2.05) is 0 Å². The molecular weight excluding hydrogens is 1030 g/mol. The van der Waals surface area contributed by atoms with E-state index in [-0.39, 0.29) is 163 Å². The second-order valence-corrected chi connectivity index (χ2v) is 19.0. The molecule has 0 aliphatic rings. The topological polar surface area (TPSA) is 272 Å². The average molecular weight is 1130 g/mol. The molecule has 0 saturated heterocycles. The molecule has 0 saturated carbocycles. The van der Waals surface area contributed by atoms with Crippen molar-refractivity contribution in [3.8, 4) is 0 Å². The maximum Gasteiger partial charge on any atom is 0.333 e. The molecule has 0 bridgehead atoms. The summed E-state index contributed by atoms with van der Waals surface area (Å²) in [4.78, 5) is 118. The quantitative estimate of drug-likeness (QED) is 0.0237. The summed E-state index contributed by atoms with van der Waals surface area (Å²) in [5, 5.41) is 0. The first-order valence-electron chi connectivity index (χ1n) is 28.6. The van der Waals surface area contributed by atoms with Crippen LogP contribution in [0.3, 0.4) is 0 Å². The Hall–Kier alpha value is -5.86. The maximum absolute atomic E-state index is 12.0. The molecule has 0 unspecified atom stereocenters. The molecule has 0 spiro atoms. The van der Waals surface area contributed by atoms with Crippen LogP contribution < -0.4 is 0 Å². The molecule has 0 fully saturated rings. The van der Waals surface area contributed by atoms with Crippen LogP contribution >= 0.6 is 0 Å². The molecule has 0 heterocycles. The fraction of sp³-hybridized carbons (Fsp3) is 0.759. The van der Waals surface area contributed by atoms with Crippen LogP contribution in [0.25, 0.3) is 0 Å². The van der Waals surface area contributed by atoms with Crippen LogP contribution in [0.5, 0.6) is 0 Å². The van der Waals surface area contributed by atoms with Crippen LogP contribution in [0.1, 0.15) is 206 Å². The van der Waals surface area contributed by atoms with Gasteiger partial charge < -0.3 is 52.1 Å². The van der Waals surface area contributed by atoms with E-state index in [1.54, 1.807) is 0 Å². The number of esters is 10. The van der Waals surface area contributed by atoms with E-state index < -0.39 is 11.9 Å². The molecule has 0 rings (SSSR count). The van der Waals surface area contributed by atoms with E-state index in [9.17, 15) is 47.9 Å². The van der Waals surface area contributed by atoms with Gasteiger partial charge >= 0.3 is 59.7 Å². The van der Waals surface area contributed by atoms with Crippen molar-refractivity contribution < 1.29 is 100 Å². The molecule has 0 N–H and O–H groups in total. The number of unbranched alkanes of at least 4 members (excludes halogenated alkanes) is 16. The first-order valence-corrected chi connectivity index (χ1v) is 28.6. The van der Waals surface area contributed by atoms with Gasteiger partial charge in [0.15, 0.2) is 0 Å². The first kappa shape index (κ1) is 73.1. The number of carbonyl (C=O) groups is 10. The lowest BCUT2D eigenvalue weighted by molar-refractivity contribution is -0.150. The Labute approximate surface area is 468 Å². The zero-order chi connectivity index (χ0) is 58.4. The Bertz CT molecular complexity index is 1640. The van der Waals surface area contributed by atoms with Crippen LogP contribution in [0.2, 0.25) is 0 Å². The van der Waals surface area contributed by atoms with Gasteiger partial charge in [-0.3, -0.25) is 38.4 Å². The van der Waals surface area contributed by atoms with Gasteiger partial charge in [0.05, 0.1) is 39.6 Å². The van der Waals surface area contributed by atoms with Gasteiger partial charge in [-0.2, -0.15) is 0 Å². The van der Waals surface area contributed by atoms with Gasteiger partial charge in [0.1, 0.15) is 39.6 Å². The van der Waals surface area contributed by atoms with E-state index in [1.165, 1.54) is 13.8 Å². The number of hydrogen-bond donors (Lipinski definition) is 0. The van der Waals surface area contributed by atoms with Gasteiger partial charge in [0, 0.05) is 62.5 Å². The Morgan fingerprint density at radius 1 is 0.215 bits per heavy atom. The largest absolute Gasteiger partial charge is 0.466 e. The molecule has 79 heavy (non-hydrogen) atoms. The summed E-state index contributed by atoms with van der Waals surface area (Å²) in [6.45, 7) is 11.7. The third kappa shape index (κ3) is 52.6. The predicted octanol–water partition coefficient (Wildman–Crippen LogP) is 9.29. The third-order valence-electron chi connectivity index (χ3n) is 11.5. The van der Waals surface area contributed by atoms with E-state index in [4.69, 9.17) is 52.1 Å². The lowest BCUT2D eigenvalue weighted by Crippen LogP contribution is -2.14. The highest BCUT2D eigenvalue weighted by molar-refractivity contribution is 5.87. The lowest BCUT2D eigenvalue weighted by Gasteiger charge is -2.08. The average Bonchev–Trinajstić information content (AvgIpc) is 3.41. The Balaban J connectivity index is 3.50. The van der Waals surface area contributed by atoms with Crippen molar-refractivity contribution in [3.05, 3.63) is 24.3 Å². The molecule has 0 atom stereocenters. The highest BCUT2D eigenvalue weighted by Crippen LogP contribution is 2.12. The monoisotopic (exact) mass is 1130 g/mol. The van der Waals surface area contributed by atoms with Gasteiger partial charge in [0.2, 0.25) is 0 Å². The minimum absolute atomic E-state index is 0.00197. The molecule has 0 aromatic carbocycles. The summed E-state index contributed by atoms with van der Waals surface area (Å²) in [6, 6.07) is 0. The van der Waals surface area contributed by atoms with Gasteiger partial charge in [0.25, 0.3) is 0 Å². The lowest BCUT2D eigenvalue weighted by atomic mass is 10.1. The van der Waals surface area contributed by atoms with Crippen LogP contribution in [-0.4, -0.2) is 139 Å². The third-order valence-corrected chi connectivity index (χ3v) is 11.5. The summed E-state index contributed by atoms with van der Waals surface area (Å²) in [6.07, 6.45) is 18.1. The van der Waals surface area contributed by atoms with Crippen LogP contribution in [0.4, 0.5) is 0 Å². The molecule has 0 radical (unpaired) electrons. The fourth-order valence-electron chi connectivity index (χ4n) is 7.01. The smallest absolute Gasteiger partial charge is 0.333 e. The second kappa shape index (κ2) is 52.8. The van der Waals surface area contributed by atoms with E-state index in [2.05, 4.69) is 13.2 Å². The summed E-state index contributed by atoms with van der Waals surface area (Å²) in [7, 11) is 0. The van der Waals surface area contributed by atoms with Crippen molar-refractivity contribution in [1.29, 1.82) is 0 Å². The van der Waals surface area contributed by atoms with Crippen LogP contribution in [0.15, 0.2) is 24.3 Å². The number of carbonyl (C=O) groups excluding carboxylic acids is 10. The summed E-state index contributed by atoms with van der Waals surface area (Å²) in [5.41, 5.74) is 0.572. The van der Waals surface area contributed by atoms with Crippen molar-refractivity contribution in [1.82, 2.24) is 0 Å². The van der Waals surface area contributed by atoms with Gasteiger partial charge in [-0.25, -0.2) is 9.59 Å². The highest BCUT2D eigenvalue weighted by atomic mass is 16.6. The van der Waals surface area contributed by atoms with Crippen molar-refractivity contribution in [2.75, 3.05) is 79.3 Å². The molecule has 452 valence electrons. The summed E-state index contributed by atoms with van der Waals surface area (Å²) >= 11 is 0. The summed E-state index contributed by atoms with van der Waals surface area (Å²) in [5.74, 6) is -3.47. The molecule has 21 nitrogen and oxygen atoms in total. The van der Waals surface area contributed by atoms with Gasteiger partial charge in [-0.15, -0.1) is 0 Å². The zero-order valence-corrected chi connectivity index (χ0v) is 47.7. The molecule has 0 aromatic rings. The zero-order valence-electron chi connectivity index (χ0n) is 47.7. The van der Waals surface area contributed by atoms with Gasteiger partial charge in [-0.1, -0.05) is 51.7 Å². The first-order chi connectivity index (χ1) is 38.1. The van der Waals surface area contributed by atoms with Crippen molar-refractivity contribution in [3.63, 3.8) is 0 Å². The molecule has 0 aliphatic carbocycles. The second-order valence-electron chi connectivity index (χ2n) is 19.0. The Morgan fingerprint density at radius 3 is 0.595 bits per heavy atom. The van der Waals surface area contributed by atoms with Crippen molar-refractivity contribution in [2.45, 2.75) is 206 Å². The SMILES string of the molecule is C=C(C)C(=O)OCCOC(=O)CCCCCCCC(=O)OCCCCCC(=O)OCCCCCC(=O)OCCOCCOC(=O)CCCCCOC(=O)CCCCCOC(=O)CCCCCCCC(=O)OCCOC(=O)C(=C)C. The molecule has 0 aromatic heterocycles. The standard InChI is InChI=1S/C58H94O21/c1-47(2)57(67)78-45-43-76-55(65)29-17-9-5-7-15-27-49(59)70-35-23-11-19-31-51(61)72-37-25-13-21-33-53(63)74-41-39-69-40-42-75-54(64)34-22-14-26-38-73-52(62)32-20-12-24-36-71-50(60)28-16-8-6-10-18-30-56(66)77-44-46-79-58(68)48(3)4/h1,3,5-46H2,2,4H3. The van der Waals surface area contributed by atoms with Crippen LogP contribution in [0, 0.1) is 0 Å². The fourth-order valence-corrected chi connectivity index (χ4v) is 7.01. The molecule has 0 aliphatic heterocycles. The normalized spacial score (nSPS) is 10.7. The maximum atomic E-state index is 12.0. The van der Waals surface area contributed by atoms with Crippen molar-refractivity contribution >= 4 is 59.7 Å². The number of rotatable bonds is 54. The Kier molecular flexibility index (Phi) is 48.9. The minimum atomic E-state index is -0.517. The van der Waals surface area contributed by atoms with Gasteiger partial charge in [-0.05, 0) is 117 Å². The molecule has 0 amide bonds. The molecular formula is C58H94O21. The van der Waals surface area contributed by atoms with Crippen LogP contribution in [-0.2, 0) is 100 Å². The summed E-state index contributed by atoms with van der Waals surface area (Å²) < 4.78 is 56.6. The Morgan fingerprint density at radius 2 is 0.380 bits per heavy atom. The van der Waals surface area contributed by atoms with E-state index in [0.29, 0.717) is 116 Å². The molecule has 21 heteroatoms. The number of hydrogen-bond acceptors (Lipinski definition) is 21. The van der Waals surface area contributed by atoms with E-state index >= 15 is 0 Å². The van der Waals surface area contributed by atoms with Crippen molar-refractivity contribution in [2.24, 2.45) is 0 Å². The number of ether oxygens (including phenoxy) is 11. The predicted molar refractivity (Wildman–Crippen MR) is 289 cm³/mol. The van der Waals surface area contributed by atoms with E-state index in [0.717, 1.165) is 51.4 Å². The highest BCUT2D eigenvalue weighted by Gasteiger charge is 2.11. The minimum Gasteiger partial charge on any atom is -0.466 e.